The van der Waals surface area contributed by atoms with Gasteiger partial charge in [-0.15, -0.1) is 0 Å². The van der Waals surface area contributed by atoms with Crippen LogP contribution in [0.5, 0.6) is 0 Å². The van der Waals surface area contributed by atoms with Crippen molar-refractivity contribution in [3.05, 3.63) is 41.5 Å². The number of hydrogen-bond acceptors (Lipinski definition) is 2. The van der Waals surface area contributed by atoms with E-state index in [0.29, 0.717) is 5.91 Å². The second-order valence-electron chi connectivity index (χ2n) is 7.96. The van der Waals surface area contributed by atoms with E-state index in [4.69, 9.17) is 0 Å². The highest BCUT2D eigenvalue weighted by Crippen LogP contribution is 2.24. The smallest absolute Gasteiger partial charge is 0.225 e. The molecule has 0 unspecified atom stereocenters. The van der Waals surface area contributed by atoms with Crippen molar-refractivity contribution in [2.45, 2.75) is 39.5 Å². The van der Waals surface area contributed by atoms with Gasteiger partial charge < -0.3 is 4.90 Å². The molecule has 3 rings (SSSR count). The largest absolute Gasteiger partial charge is 0.342 e. The van der Waals surface area contributed by atoms with Crippen LogP contribution < -0.4 is 0 Å². The lowest BCUT2D eigenvalue weighted by molar-refractivity contribution is -0.138. The molecule has 0 bridgehead atoms. The van der Waals surface area contributed by atoms with Crippen LogP contribution in [0.25, 0.3) is 6.08 Å². The van der Waals surface area contributed by atoms with Crippen LogP contribution in [0.15, 0.2) is 35.9 Å². The molecule has 0 N–H and O–H groups in total. The number of rotatable bonds is 4. The zero-order valence-electron chi connectivity index (χ0n) is 15.8. The number of hydrogen-bond donors (Lipinski definition) is 0. The van der Waals surface area contributed by atoms with E-state index in [9.17, 15) is 4.79 Å². The van der Waals surface area contributed by atoms with Crippen molar-refractivity contribution < 1.29 is 4.79 Å². The molecule has 25 heavy (non-hydrogen) atoms. The van der Waals surface area contributed by atoms with Gasteiger partial charge >= 0.3 is 0 Å². The summed E-state index contributed by atoms with van der Waals surface area (Å²) in [6.45, 7) is 9.54. The maximum Gasteiger partial charge on any atom is 0.225 e. The molecular formula is C22H32N2O. The summed E-state index contributed by atoms with van der Waals surface area (Å²) in [6, 6.07) is 10.5. The monoisotopic (exact) mass is 340 g/mol. The van der Waals surface area contributed by atoms with Gasteiger partial charge in [0.25, 0.3) is 0 Å². The molecule has 1 aromatic rings. The first-order chi connectivity index (χ1) is 12.1. The molecule has 0 saturated carbocycles. The second-order valence-corrected chi connectivity index (χ2v) is 7.96. The second kappa shape index (κ2) is 8.66. The fourth-order valence-corrected chi connectivity index (χ4v) is 4.06. The lowest BCUT2D eigenvalue weighted by Crippen LogP contribution is -2.45. The Hall–Kier alpha value is -1.61. The van der Waals surface area contributed by atoms with E-state index in [1.807, 2.05) is 0 Å². The van der Waals surface area contributed by atoms with E-state index in [0.717, 1.165) is 51.5 Å². The Labute approximate surface area is 152 Å². The summed E-state index contributed by atoms with van der Waals surface area (Å²) in [5.41, 5.74) is 2.66. The average molecular weight is 341 g/mol. The van der Waals surface area contributed by atoms with Crippen LogP contribution in [0.2, 0.25) is 0 Å². The molecule has 2 fully saturated rings. The summed E-state index contributed by atoms with van der Waals surface area (Å²) >= 11 is 0. The van der Waals surface area contributed by atoms with Crippen molar-refractivity contribution in [1.29, 1.82) is 0 Å². The van der Waals surface area contributed by atoms with E-state index in [1.165, 1.54) is 24.0 Å². The van der Waals surface area contributed by atoms with Crippen molar-refractivity contribution in [3.63, 3.8) is 0 Å². The third-order valence-corrected chi connectivity index (χ3v) is 5.72. The summed E-state index contributed by atoms with van der Waals surface area (Å²) in [6.07, 6.45) is 6.65. The summed E-state index contributed by atoms with van der Waals surface area (Å²) in [5, 5.41) is 0. The molecule has 2 saturated heterocycles. The number of amides is 1. The van der Waals surface area contributed by atoms with Crippen molar-refractivity contribution in [3.8, 4) is 0 Å². The minimum absolute atomic E-state index is 0.253. The van der Waals surface area contributed by atoms with Crippen LogP contribution >= 0.6 is 0 Å². The SMILES string of the molecule is C/C(=C/c1ccccc1)CN1CCC(C(=O)N2CCC(C)CC2)CC1. The van der Waals surface area contributed by atoms with Gasteiger partial charge in [-0.2, -0.15) is 0 Å². The Balaban J connectivity index is 1.45. The minimum Gasteiger partial charge on any atom is -0.342 e. The molecule has 0 spiro atoms. The Bertz CT molecular complexity index is 579. The van der Waals surface area contributed by atoms with Gasteiger partial charge in [0.2, 0.25) is 5.91 Å². The lowest BCUT2D eigenvalue weighted by Gasteiger charge is -2.36. The zero-order valence-corrected chi connectivity index (χ0v) is 15.8. The number of nitrogens with zero attached hydrogens (tertiary/aromatic N) is 2. The summed E-state index contributed by atoms with van der Waals surface area (Å²) < 4.78 is 0. The van der Waals surface area contributed by atoms with Crippen LogP contribution in [-0.4, -0.2) is 48.4 Å². The summed E-state index contributed by atoms with van der Waals surface area (Å²) in [4.78, 5) is 17.3. The van der Waals surface area contributed by atoms with Crippen LogP contribution in [-0.2, 0) is 4.79 Å². The molecule has 3 nitrogen and oxygen atoms in total. The van der Waals surface area contributed by atoms with Crippen LogP contribution in [0.1, 0.15) is 45.1 Å². The fraction of sp³-hybridized carbons (Fsp3) is 0.591. The molecule has 0 aromatic heterocycles. The van der Waals surface area contributed by atoms with Gasteiger partial charge in [0, 0.05) is 25.6 Å². The summed E-state index contributed by atoms with van der Waals surface area (Å²) in [5.74, 6) is 1.46. The highest BCUT2D eigenvalue weighted by atomic mass is 16.2. The first-order valence-corrected chi connectivity index (χ1v) is 9.85. The van der Waals surface area contributed by atoms with E-state index in [-0.39, 0.29) is 5.92 Å². The molecule has 136 valence electrons. The first kappa shape index (κ1) is 18.2. The third-order valence-electron chi connectivity index (χ3n) is 5.72. The van der Waals surface area contributed by atoms with E-state index >= 15 is 0 Å². The van der Waals surface area contributed by atoms with Gasteiger partial charge in [0.1, 0.15) is 0 Å². The molecule has 1 aromatic carbocycles. The number of likely N-dealkylation sites (tertiary alicyclic amines) is 2. The standard InChI is InChI=1S/C22H32N2O/c1-18-8-14-24(15-9-18)22(25)21-10-12-23(13-11-21)17-19(2)16-20-6-4-3-5-7-20/h3-7,16,18,21H,8-15,17H2,1-2H3/b19-16-. The zero-order chi connectivity index (χ0) is 17.6. The number of piperidine rings is 2. The number of benzene rings is 1. The average Bonchev–Trinajstić information content (AvgIpc) is 2.63. The van der Waals surface area contributed by atoms with Crippen LogP contribution in [0, 0.1) is 11.8 Å². The Morgan fingerprint density at radius 1 is 1.04 bits per heavy atom. The maximum absolute atomic E-state index is 12.7. The Morgan fingerprint density at radius 2 is 1.68 bits per heavy atom. The molecule has 2 heterocycles. The van der Waals surface area contributed by atoms with Crippen LogP contribution in [0.4, 0.5) is 0 Å². The van der Waals surface area contributed by atoms with E-state index < -0.39 is 0 Å². The fourth-order valence-electron chi connectivity index (χ4n) is 4.06. The first-order valence-electron chi connectivity index (χ1n) is 9.85. The molecular weight excluding hydrogens is 308 g/mol. The molecule has 0 aliphatic carbocycles. The third kappa shape index (κ3) is 5.18. The minimum atomic E-state index is 0.253. The Morgan fingerprint density at radius 3 is 2.32 bits per heavy atom. The van der Waals surface area contributed by atoms with Gasteiger partial charge in [-0.05, 0) is 57.2 Å². The summed E-state index contributed by atoms with van der Waals surface area (Å²) in [7, 11) is 0. The normalized spacial score (nSPS) is 21.5. The van der Waals surface area contributed by atoms with Gasteiger partial charge in [0.15, 0.2) is 0 Å². The molecule has 0 atom stereocenters. The predicted molar refractivity (Wildman–Crippen MR) is 104 cm³/mol. The van der Waals surface area contributed by atoms with Gasteiger partial charge in [-0.1, -0.05) is 48.9 Å². The molecule has 2 aliphatic rings. The van der Waals surface area contributed by atoms with Crippen molar-refractivity contribution in [1.82, 2.24) is 9.80 Å². The van der Waals surface area contributed by atoms with Crippen LogP contribution in [0.3, 0.4) is 0 Å². The topological polar surface area (TPSA) is 23.6 Å². The van der Waals surface area contributed by atoms with Gasteiger partial charge in [-0.25, -0.2) is 0 Å². The van der Waals surface area contributed by atoms with Gasteiger partial charge in [-0.3, -0.25) is 9.69 Å². The van der Waals surface area contributed by atoms with E-state index in [2.05, 4.69) is 60.1 Å². The molecule has 2 aliphatic heterocycles. The Kier molecular flexibility index (Phi) is 6.30. The molecule has 0 radical (unpaired) electrons. The number of carbonyl (C=O) groups excluding carboxylic acids is 1. The van der Waals surface area contributed by atoms with E-state index in [1.54, 1.807) is 0 Å². The molecule has 3 heteroatoms. The highest BCUT2D eigenvalue weighted by Gasteiger charge is 2.30. The highest BCUT2D eigenvalue weighted by molar-refractivity contribution is 5.79. The van der Waals surface area contributed by atoms with Crippen molar-refractivity contribution in [2.24, 2.45) is 11.8 Å². The quantitative estimate of drug-likeness (QED) is 0.825. The van der Waals surface area contributed by atoms with Crippen molar-refractivity contribution in [2.75, 3.05) is 32.7 Å². The maximum atomic E-state index is 12.7. The molecule has 1 amide bonds. The lowest BCUT2D eigenvalue weighted by atomic mass is 9.92. The predicted octanol–water partition coefficient (Wildman–Crippen LogP) is 4.06. The van der Waals surface area contributed by atoms with Gasteiger partial charge in [0.05, 0.1) is 0 Å². The number of carbonyl (C=O) groups is 1. The van der Waals surface area contributed by atoms with Crippen molar-refractivity contribution >= 4 is 12.0 Å².